The molecule has 1 fully saturated rings. The number of carbonyl (C=O) groups excluding carboxylic acids is 1. The Bertz CT molecular complexity index is 756. The summed E-state index contributed by atoms with van der Waals surface area (Å²) in [7, 11) is 3.67. The minimum absolute atomic E-state index is 0.00837. The van der Waals surface area contributed by atoms with Crippen molar-refractivity contribution in [1.82, 2.24) is 9.80 Å². The van der Waals surface area contributed by atoms with E-state index in [0.717, 1.165) is 18.8 Å². The van der Waals surface area contributed by atoms with Gasteiger partial charge in [-0.05, 0) is 56.1 Å². The van der Waals surface area contributed by atoms with E-state index in [-0.39, 0.29) is 17.5 Å². The van der Waals surface area contributed by atoms with Gasteiger partial charge in [0, 0.05) is 31.9 Å². The molecule has 1 aliphatic heterocycles. The molecule has 0 bridgehead atoms. The first kappa shape index (κ1) is 18.2. The zero-order chi connectivity index (χ0) is 18.7. The smallest absolute Gasteiger partial charge is 0.244 e. The number of halogens is 1. The van der Waals surface area contributed by atoms with Crippen LogP contribution in [0.3, 0.4) is 0 Å². The zero-order valence-corrected chi connectivity index (χ0v) is 15.1. The third-order valence-electron chi connectivity index (χ3n) is 4.72. The van der Waals surface area contributed by atoms with Crippen molar-refractivity contribution in [2.24, 2.45) is 0 Å². The molecular formula is C20H24FN3O2. The Labute approximate surface area is 153 Å². The van der Waals surface area contributed by atoms with E-state index in [9.17, 15) is 14.3 Å². The van der Waals surface area contributed by atoms with Crippen LogP contribution in [0.1, 0.15) is 11.6 Å². The maximum atomic E-state index is 13.6. The Morgan fingerprint density at radius 3 is 2.31 bits per heavy atom. The number of rotatable bonds is 4. The number of benzene rings is 2. The molecule has 0 aliphatic carbocycles. The Hall–Kier alpha value is -2.60. The Balaban J connectivity index is 1.69. The highest BCUT2D eigenvalue weighted by Crippen LogP contribution is 2.24. The molecule has 3 rings (SSSR count). The lowest BCUT2D eigenvalue weighted by molar-refractivity contribution is -0.136. The van der Waals surface area contributed by atoms with E-state index in [1.165, 1.54) is 12.1 Å². The van der Waals surface area contributed by atoms with E-state index in [2.05, 4.69) is 4.90 Å². The van der Waals surface area contributed by atoms with Crippen molar-refractivity contribution in [2.75, 3.05) is 45.2 Å². The number of likely N-dealkylation sites (N-methyl/N-ethyl adjacent to an activating group) is 1. The molecule has 1 atom stereocenters. The summed E-state index contributed by atoms with van der Waals surface area (Å²) in [5.41, 5.74) is 1.70. The van der Waals surface area contributed by atoms with Crippen LogP contribution < -0.4 is 4.90 Å². The van der Waals surface area contributed by atoms with E-state index in [1.807, 2.05) is 36.0 Å². The first-order valence-electron chi connectivity index (χ1n) is 8.70. The van der Waals surface area contributed by atoms with Crippen LogP contribution >= 0.6 is 0 Å². The number of phenols is 1. The average Bonchev–Trinajstić information content (AvgIpc) is 2.62. The maximum absolute atomic E-state index is 13.6. The molecule has 1 N–H and O–H groups in total. The minimum atomic E-state index is -0.495. The fourth-order valence-electron chi connectivity index (χ4n) is 3.36. The molecule has 26 heavy (non-hydrogen) atoms. The number of aromatic hydroxyl groups is 1. The molecule has 1 aliphatic rings. The van der Waals surface area contributed by atoms with Gasteiger partial charge in [-0.3, -0.25) is 9.69 Å². The number of hydrogen-bond acceptors (Lipinski definition) is 4. The van der Waals surface area contributed by atoms with Crippen molar-refractivity contribution < 1.29 is 14.3 Å². The lowest BCUT2D eigenvalue weighted by Crippen LogP contribution is -2.51. The molecule has 2 aromatic rings. The summed E-state index contributed by atoms with van der Waals surface area (Å²) in [4.78, 5) is 18.9. The standard InChI is InChI=1S/C20H24FN3O2/c1-22(2)19(15-4-3-5-16(21)14-15)20(26)24-12-10-23(11-13-24)17-6-8-18(25)9-7-17/h3-9,14,19,25H,10-13H2,1-2H3/t19-/m0/s1. The summed E-state index contributed by atoms with van der Waals surface area (Å²) in [5, 5.41) is 9.41. The number of anilines is 1. The number of nitrogens with zero attached hydrogens (tertiary/aromatic N) is 3. The van der Waals surface area contributed by atoms with Crippen molar-refractivity contribution in [2.45, 2.75) is 6.04 Å². The topological polar surface area (TPSA) is 47.0 Å². The van der Waals surface area contributed by atoms with Crippen molar-refractivity contribution in [3.05, 3.63) is 59.9 Å². The number of piperazine rings is 1. The van der Waals surface area contributed by atoms with Crippen LogP contribution in [0.5, 0.6) is 5.75 Å². The molecule has 1 saturated heterocycles. The SMILES string of the molecule is CN(C)[C@H](C(=O)N1CCN(c2ccc(O)cc2)CC1)c1cccc(F)c1. The number of carbonyl (C=O) groups is 1. The summed E-state index contributed by atoms with van der Waals surface area (Å²) in [5.74, 6) is -0.100. The van der Waals surface area contributed by atoms with Gasteiger partial charge in [0.05, 0.1) is 0 Å². The lowest BCUT2D eigenvalue weighted by Gasteiger charge is -2.38. The van der Waals surface area contributed by atoms with Gasteiger partial charge in [0.2, 0.25) is 5.91 Å². The molecule has 0 radical (unpaired) electrons. The van der Waals surface area contributed by atoms with Crippen LogP contribution in [0, 0.1) is 5.82 Å². The van der Waals surface area contributed by atoms with E-state index >= 15 is 0 Å². The molecule has 138 valence electrons. The van der Waals surface area contributed by atoms with E-state index in [0.29, 0.717) is 18.7 Å². The molecule has 0 spiro atoms. The van der Waals surface area contributed by atoms with Crippen molar-refractivity contribution >= 4 is 11.6 Å². The number of amides is 1. The van der Waals surface area contributed by atoms with Crippen LogP contribution in [-0.2, 0) is 4.79 Å². The van der Waals surface area contributed by atoms with Gasteiger partial charge in [0.15, 0.2) is 0 Å². The molecule has 1 heterocycles. The van der Waals surface area contributed by atoms with Crippen LogP contribution in [0.2, 0.25) is 0 Å². The fourth-order valence-corrected chi connectivity index (χ4v) is 3.36. The van der Waals surface area contributed by atoms with E-state index < -0.39 is 6.04 Å². The normalized spacial score (nSPS) is 16.0. The fraction of sp³-hybridized carbons (Fsp3) is 0.350. The van der Waals surface area contributed by atoms with E-state index in [4.69, 9.17) is 0 Å². The second-order valence-corrected chi connectivity index (χ2v) is 6.75. The van der Waals surface area contributed by atoms with Gasteiger partial charge in [0.1, 0.15) is 17.6 Å². The molecule has 0 unspecified atom stereocenters. The minimum Gasteiger partial charge on any atom is -0.508 e. The first-order valence-corrected chi connectivity index (χ1v) is 8.70. The van der Waals surface area contributed by atoms with Gasteiger partial charge in [0.25, 0.3) is 0 Å². The van der Waals surface area contributed by atoms with Crippen molar-refractivity contribution in [1.29, 1.82) is 0 Å². The first-order chi connectivity index (χ1) is 12.5. The predicted octanol–water partition coefficient (Wildman–Crippen LogP) is 2.48. The van der Waals surface area contributed by atoms with Gasteiger partial charge >= 0.3 is 0 Å². The van der Waals surface area contributed by atoms with Gasteiger partial charge in [-0.2, -0.15) is 0 Å². The lowest BCUT2D eigenvalue weighted by atomic mass is 10.0. The third-order valence-corrected chi connectivity index (χ3v) is 4.72. The molecular weight excluding hydrogens is 333 g/mol. The predicted molar refractivity (Wildman–Crippen MR) is 99.7 cm³/mol. The molecule has 1 amide bonds. The summed E-state index contributed by atoms with van der Waals surface area (Å²) in [6.07, 6.45) is 0. The van der Waals surface area contributed by atoms with Crippen LogP contribution in [0.4, 0.5) is 10.1 Å². The highest BCUT2D eigenvalue weighted by molar-refractivity contribution is 5.83. The molecule has 0 saturated carbocycles. The maximum Gasteiger partial charge on any atom is 0.244 e. The largest absolute Gasteiger partial charge is 0.508 e. The van der Waals surface area contributed by atoms with Gasteiger partial charge in [-0.1, -0.05) is 12.1 Å². The Kier molecular flexibility index (Phi) is 5.42. The highest BCUT2D eigenvalue weighted by atomic mass is 19.1. The van der Waals surface area contributed by atoms with Crippen LogP contribution in [0.25, 0.3) is 0 Å². The highest BCUT2D eigenvalue weighted by Gasteiger charge is 2.30. The molecule has 5 nitrogen and oxygen atoms in total. The Morgan fingerprint density at radius 2 is 1.73 bits per heavy atom. The summed E-state index contributed by atoms with van der Waals surface area (Å²) < 4.78 is 13.6. The van der Waals surface area contributed by atoms with Crippen molar-refractivity contribution in [3.8, 4) is 5.75 Å². The summed E-state index contributed by atoms with van der Waals surface area (Å²) >= 11 is 0. The van der Waals surface area contributed by atoms with Crippen molar-refractivity contribution in [3.63, 3.8) is 0 Å². The van der Waals surface area contributed by atoms with Gasteiger partial charge < -0.3 is 14.9 Å². The number of phenolic OH excluding ortho intramolecular Hbond substituents is 1. The molecule has 6 heteroatoms. The summed E-state index contributed by atoms with van der Waals surface area (Å²) in [6.45, 7) is 2.67. The second-order valence-electron chi connectivity index (χ2n) is 6.75. The quantitative estimate of drug-likeness (QED) is 0.913. The number of hydrogen-bond donors (Lipinski definition) is 1. The molecule has 0 aromatic heterocycles. The Morgan fingerprint density at radius 1 is 1.08 bits per heavy atom. The van der Waals surface area contributed by atoms with Gasteiger partial charge in [-0.15, -0.1) is 0 Å². The average molecular weight is 357 g/mol. The summed E-state index contributed by atoms with van der Waals surface area (Å²) in [6, 6.07) is 12.8. The monoisotopic (exact) mass is 357 g/mol. The van der Waals surface area contributed by atoms with E-state index in [1.54, 1.807) is 24.3 Å². The van der Waals surface area contributed by atoms with Crippen LogP contribution in [-0.4, -0.2) is 61.1 Å². The zero-order valence-electron chi connectivity index (χ0n) is 15.1. The third kappa shape index (κ3) is 3.96. The van der Waals surface area contributed by atoms with Crippen LogP contribution in [0.15, 0.2) is 48.5 Å². The second kappa shape index (κ2) is 7.74. The van der Waals surface area contributed by atoms with Gasteiger partial charge in [-0.25, -0.2) is 4.39 Å². The molecule has 2 aromatic carbocycles.